The van der Waals surface area contributed by atoms with Crippen LogP contribution in [0.4, 0.5) is 0 Å². The van der Waals surface area contributed by atoms with Crippen LogP contribution in [0.25, 0.3) is 0 Å². The standard InChI is InChI=1S/C11H15OP/c1-2-9-4-3-8-7-10(13)5-6-11(8)12-9/h5-7,9H,2-4,13H2,1H3. The van der Waals surface area contributed by atoms with Gasteiger partial charge >= 0.3 is 0 Å². The molecule has 2 rings (SSSR count). The monoisotopic (exact) mass is 194 g/mol. The Hall–Kier alpha value is -0.550. The van der Waals surface area contributed by atoms with Gasteiger partial charge in [0.15, 0.2) is 0 Å². The van der Waals surface area contributed by atoms with E-state index in [9.17, 15) is 0 Å². The van der Waals surface area contributed by atoms with Gasteiger partial charge in [-0.1, -0.05) is 13.0 Å². The largest absolute Gasteiger partial charge is 0.490 e. The first-order chi connectivity index (χ1) is 6.29. The van der Waals surface area contributed by atoms with Crippen molar-refractivity contribution in [2.24, 2.45) is 0 Å². The van der Waals surface area contributed by atoms with Gasteiger partial charge in [0.05, 0.1) is 6.10 Å². The highest BCUT2D eigenvalue weighted by Gasteiger charge is 2.17. The summed E-state index contributed by atoms with van der Waals surface area (Å²) in [6.07, 6.45) is 3.87. The molecule has 1 nitrogen and oxygen atoms in total. The predicted octanol–water partition coefficient (Wildman–Crippen LogP) is 2.29. The summed E-state index contributed by atoms with van der Waals surface area (Å²) in [6.45, 7) is 2.18. The fraction of sp³-hybridized carbons (Fsp3) is 0.455. The summed E-state index contributed by atoms with van der Waals surface area (Å²) in [4.78, 5) is 0. The van der Waals surface area contributed by atoms with Crippen LogP contribution in [0.2, 0.25) is 0 Å². The van der Waals surface area contributed by atoms with Crippen molar-refractivity contribution in [3.63, 3.8) is 0 Å². The van der Waals surface area contributed by atoms with Crippen molar-refractivity contribution in [1.82, 2.24) is 0 Å². The van der Waals surface area contributed by atoms with Crippen LogP contribution in [-0.2, 0) is 6.42 Å². The first-order valence-corrected chi connectivity index (χ1v) is 5.42. The average Bonchev–Trinajstić information content (AvgIpc) is 2.17. The van der Waals surface area contributed by atoms with Crippen LogP contribution in [0, 0.1) is 0 Å². The Bertz CT molecular complexity index is 309. The first kappa shape index (κ1) is 9.02. The molecule has 0 saturated heterocycles. The van der Waals surface area contributed by atoms with E-state index in [1.165, 1.54) is 10.9 Å². The van der Waals surface area contributed by atoms with Crippen molar-refractivity contribution in [2.45, 2.75) is 32.3 Å². The summed E-state index contributed by atoms with van der Waals surface area (Å²) in [7, 11) is 2.72. The molecular formula is C11H15OP. The van der Waals surface area contributed by atoms with Gasteiger partial charge in [-0.05, 0) is 42.3 Å². The predicted molar refractivity (Wildman–Crippen MR) is 58.8 cm³/mol. The molecule has 0 bridgehead atoms. The molecule has 1 aliphatic rings. The minimum Gasteiger partial charge on any atom is -0.490 e. The van der Waals surface area contributed by atoms with Gasteiger partial charge < -0.3 is 4.74 Å². The second-order valence-corrected chi connectivity index (χ2v) is 4.22. The molecule has 0 amide bonds. The molecule has 0 N–H and O–H groups in total. The maximum Gasteiger partial charge on any atom is 0.122 e. The lowest BCUT2D eigenvalue weighted by Gasteiger charge is -2.25. The number of hydrogen-bond donors (Lipinski definition) is 0. The molecule has 0 aliphatic carbocycles. The third-order valence-corrected chi connectivity index (χ3v) is 2.93. The second-order valence-electron chi connectivity index (χ2n) is 3.55. The smallest absolute Gasteiger partial charge is 0.122 e. The van der Waals surface area contributed by atoms with E-state index < -0.39 is 0 Å². The molecule has 2 unspecified atom stereocenters. The molecule has 2 atom stereocenters. The fourth-order valence-electron chi connectivity index (χ4n) is 1.75. The number of fused-ring (bicyclic) bond motifs is 1. The minimum absolute atomic E-state index is 0.433. The average molecular weight is 194 g/mol. The first-order valence-electron chi connectivity index (χ1n) is 4.84. The maximum atomic E-state index is 5.83. The number of aryl methyl sites for hydroxylation is 1. The van der Waals surface area contributed by atoms with Crippen LogP contribution in [-0.4, -0.2) is 6.10 Å². The lowest BCUT2D eigenvalue weighted by atomic mass is 10.0. The van der Waals surface area contributed by atoms with Crippen LogP contribution in [0.5, 0.6) is 5.75 Å². The molecule has 70 valence electrons. The molecule has 2 heteroatoms. The minimum atomic E-state index is 0.433. The molecule has 1 aromatic carbocycles. The van der Waals surface area contributed by atoms with Gasteiger partial charge in [-0.15, -0.1) is 9.24 Å². The highest BCUT2D eigenvalue weighted by Crippen LogP contribution is 2.27. The Kier molecular flexibility index (Phi) is 2.55. The topological polar surface area (TPSA) is 9.23 Å². The normalized spacial score (nSPS) is 20.6. The third kappa shape index (κ3) is 1.86. The molecule has 0 radical (unpaired) electrons. The molecule has 0 aromatic heterocycles. The van der Waals surface area contributed by atoms with Gasteiger partial charge in [0, 0.05) is 0 Å². The van der Waals surface area contributed by atoms with Crippen LogP contribution in [0.1, 0.15) is 25.3 Å². The van der Waals surface area contributed by atoms with Gasteiger partial charge in [0.25, 0.3) is 0 Å². The molecule has 0 fully saturated rings. The lowest BCUT2D eigenvalue weighted by molar-refractivity contribution is 0.169. The molecule has 0 spiro atoms. The Labute approximate surface area is 81.7 Å². The SMILES string of the molecule is CCC1CCc2cc(P)ccc2O1. The van der Waals surface area contributed by atoms with Crippen molar-refractivity contribution in [2.75, 3.05) is 0 Å². The van der Waals surface area contributed by atoms with Gasteiger partial charge in [-0.25, -0.2) is 0 Å². The van der Waals surface area contributed by atoms with Crippen molar-refractivity contribution in [3.8, 4) is 5.75 Å². The summed E-state index contributed by atoms with van der Waals surface area (Å²) in [5.74, 6) is 1.09. The van der Waals surface area contributed by atoms with Crippen LogP contribution in [0.15, 0.2) is 18.2 Å². The Morgan fingerprint density at radius 3 is 3.15 bits per heavy atom. The van der Waals surface area contributed by atoms with Crippen molar-refractivity contribution < 1.29 is 4.74 Å². The molecule has 1 heterocycles. The zero-order valence-corrected chi connectivity index (χ0v) is 9.07. The van der Waals surface area contributed by atoms with Crippen molar-refractivity contribution in [3.05, 3.63) is 23.8 Å². The third-order valence-electron chi connectivity index (χ3n) is 2.57. The number of ether oxygens (including phenoxy) is 1. The van der Waals surface area contributed by atoms with Crippen LogP contribution in [0.3, 0.4) is 0 Å². The van der Waals surface area contributed by atoms with E-state index in [0.717, 1.165) is 25.0 Å². The zero-order chi connectivity index (χ0) is 9.26. The summed E-state index contributed by atoms with van der Waals surface area (Å²) in [6, 6.07) is 6.37. The summed E-state index contributed by atoms with van der Waals surface area (Å²) >= 11 is 0. The van der Waals surface area contributed by atoms with E-state index in [4.69, 9.17) is 4.74 Å². The Balaban J connectivity index is 2.26. The summed E-state index contributed by atoms with van der Waals surface area (Å²) < 4.78 is 5.83. The van der Waals surface area contributed by atoms with Gasteiger partial charge in [-0.2, -0.15) is 0 Å². The maximum absolute atomic E-state index is 5.83. The van der Waals surface area contributed by atoms with E-state index >= 15 is 0 Å². The number of benzene rings is 1. The molecular weight excluding hydrogens is 179 g/mol. The number of rotatable bonds is 1. The highest BCUT2D eigenvalue weighted by molar-refractivity contribution is 7.27. The quantitative estimate of drug-likeness (QED) is 0.623. The summed E-state index contributed by atoms with van der Waals surface area (Å²) in [5.41, 5.74) is 1.36. The van der Waals surface area contributed by atoms with Crippen molar-refractivity contribution >= 4 is 14.5 Å². The van der Waals surface area contributed by atoms with E-state index in [1.54, 1.807) is 0 Å². The second kappa shape index (κ2) is 3.67. The Morgan fingerprint density at radius 1 is 1.54 bits per heavy atom. The van der Waals surface area contributed by atoms with E-state index in [-0.39, 0.29) is 0 Å². The molecule has 0 saturated carbocycles. The summed E-state index contributed by atoms with van der Waals surface area (Å²) in [5, 5.41) is 1.25. The van der Waals surface area contributed by atoms with E-state index in [0.29, 0.717) is 6.10 Å². The zero-order valence-electron chi connectivity index (χ0n) is 7.92. The molecule has 1 aliphatic heterocycles. The van der Waals surface area contributed by atoms with Crippen LogP contribution < -0.4 is 10.0 Å². The number of hydrogen-bond acceptors (Lipinski definition) is 1. The van der Waals surface area contributed by atoms with E-state index in [2.05, 4.69) is 34.4 Å². The van der Waals surface area contributed by atoms with Gasteiger partial charge in [0.2, 0.25) is 0 Å². The van der Waals surface area contributed by atoms with Gasteiger partial charge in [-0.3, -0.25) is 0 Å². The molecule has 1 aromatic rings. The Morgan fingerprint density at radius 2 is 2.38 bits per heavy atom. The van der Waals surface area contributed by atoms with E-state index in [1.807, 2.05) is 0 Å². The van der Waals surface area contributed by atoms with Gasteiger partial charge in [0.1, 0.15) is 5.75 Å². The highest BCUT2D eigenvalue weighted by atomic mass is 31.0. The fourth-order valence-corrected chi connectivity index (χ4v) is 2.05. The van der Waals surface area contributed by atoms with Crippen LogP contribution >= 0.6 is 9.24 Å². The lowest BCUT2D eigenvalue weighted by Crippen LogP contribution is -2.22. The molecule has 13 heavy (non-hydrogen) atoms. The van der Waals surface area contributed by atoms with Crippen molar-refractivity contribution in [1.29, 1.82) is 0 Å².